The summed E-state index contributed by atoms with van der Waals surface area (Å²) in [6.45, 7) is 0.251. The summed E-state index contributed by atoms with van der Waals surface area (Å²) in [5, 5.41) is 13.4. The van der Waals surface area contributed by atoms with E-state index in [0.29, 0.717) is 5.58 Å². The van der Waals surface area contributed by atoms with E-state index in [-0.39, 0.29) is 23.8 Å². The van der Waals surface area contributed by atoms with Crippen LogP contribution in [0.2, 0.25) is 0 Å². The van der Waals surface area contributed by atoms with Crippen LogP contribution in [0.25, 0.3) is 11.1 Å². The summed E-state index contributed by atoms with van der Waals surface area (Å²) in [6.07, 6.45) is 5.06. The van der Waals surface area contributed by atoms with Gasteiger partial charge in [-0.15, -0.1) is 6.42 Å². The molecule has 0 spiro atoms. The van der Waals surface area contributed by atoms with Gasteiger partial charge in [0, 0.05) is 6.07 Å². The number of para-hydroxylation sites is 1. The number of fused-ring (bicyclic) bond motifs is 1. The predicted molar refractivity (Wildman–Crippen MR) is 58.0 cm³/mol. The first-order chi connectivity index (χ1) is 7.72. The molecule has 80 valence electrons. The minimum absolute atomic E-state index is 0.0880. The topological polar surface area (TPSA) is 81.2 Å². The van der Waals surface area contributed by atoms with Gasteiger partial charge < -0.3 is 9.73 Å². The van der Waals surface area contributed by atoms with E-state index < -0.39 is 4.92 Å². The zero-order valence-corrected chi connectivity index (χ0v) is 8.14. The average molecular weight is 217 g/mol. The van der Waals surface area contributed by atoms with E-state index in [0.717, 1.165) is 0 Å². The lowest BCUT2D eigenvalue weighted by Crippen LogP contribution is -1.97. The molecule has 16 heavy (non-hydrogen) atoms. The largest absolute Gasteiger partial charge is 0.423 e. The van der Waals surface area contributed by atoms with Crippen molar-refractivity contribution in [2.45, 2.75) is 0 Å². The van der Waals surface area contributed by atoms with Crippen molar-refractivity contribution in [3.8, 4) is 12.3 Å². The van der Waals surface area contributed by atoms with Gasteiger partial charge in [-0.1, -0.05) is 12.0 Å². The fraction of sp³-hybridized carbons (Fsp3) is 0.100. The SMILES string of the molecule is C#CCNc1nc2c([N+](=O)[O-])cccc2o1. The van der Waals surface area contributed by atoms with Crippen LogP contribution in [0.5, 0.6) is 0 Å². The van der Waals surface area contributed by atoms with Crippen LogP contribution in [0, 0.1) is 22.5 Å². The Hall–Kier alpha value is -2.55. The quantitative estimate of drug-likeness (QED) is 0.481. The third-order valence-electron chi connectivity index (χ3n) is 1.94. The number of nitro groups is 1. The van der Waals surface area contributed by atoms with Crippen LogP contribution >= 0.6 is 0 Å². The van der Waals surface area contributed by atoms with Crippen molar-refractivity contribution in [3.63, 3.8) is 0 Å². The zero-order valence-electron chi connectivity index (χ0n) is 8.14. The molecule has 0 aliphatic heterocycles. The third-order valence-corrected chi connectivity index (χ3v) is 1.94. The van der Waals surface area contributed by atoms with Crippen LogP contribution in [0.4, 0.5) is 11.7 Å². The van der Waals surface area contributed by atoms with Gasteiger partial charge in [0.15, 0.2) is 11.1 Å². The summed E-state index contributed by atoms with van der Waals surface area (Å²) in [6, 6.07) is 4.70. The van der Waals surface area contributed by atoms with Gasteiger partial charge in [-0.05, 0) is 6.07 Å². The van der Waals surface area contributed by atoms with Crippen molar-refractivity contribution < 1.29 is 9.34 Å². The molecule has 2 aromatic rings. The van der Waals surface area contributed by atoms with Crippen LogP contribution in [0.3, 0.4) is 0 Å². The third kappa shape index (κ3) is 1.66. The minimum Gasteiger partial charge on any atom is -0.423 e. The molecular formula is C10H7N3O3. The Balaban J connectivity index is 2.49. The van der Waals surface area contributed by atoms with Gasteiger partial charge in [-0.3, -0.25) is 10.1 Å². The standard InChI is InChI=1S/C10H7N3O3/c1-2-6-11-10-12-9-7(13(14)15)4-3-5-8(9)16-10/h1,3-5H,6H2,(H,11,12). The fourth-order valence-electron chi connectivity index (χ4n) is 1.28. The number of hydrogen-bond acceptors (Lipinski definition) is 5. The first-order valence-electron chi connectivity index (χ1n) is 4.43. The van der Waals surface area contributed by atoms with Crippen LogP contribution < -0.4 is 5.32 Å². The second kappa shape index (κ2) is 3.90. The number of terminal acetylenes is 1. The second-order valence-electron chi connectivity index (χ2n) is 2.96. The van der Waals surface area contributed by atoms with Crippen molar-refractivity contribution in [3.05, 3.63) is 28.3 Å². The van der Waals surface area contributed by atoms with Crippen molar-refractivity contribution >= 4 is 22.8 Å². The van der Waals surface area contributed by atoms with Gasteiger partial charge in [0.05, 0.1) is 11.5 Å². The summed E-state index contributed by atoms with van der Waals surface area (Å²) in [4.78, 5) is 14.2. The summed E-state index contributed by atoms with van der Waals surface area (Å²) >= 11 is 0. The minimum atomic E-state index is -0.504. The Morgan fingerprint density at radius 3 is 3.12 bits per heavy atom. The molecule has 0 aliphatic rings. The molecule has 1 aromatic heterocycles. The molecule has 0 saturated carbocycles. The number of rotatable bonds is 3. The van der Waals surface area contributed by atoms with Crippen LogP contribution in [0.1, 0.15) is 0 Å². The molecule has 1 aromatic carbocycles. The summed E-state index contributed by atoms with van der Waals surface area (Å²) < 4.78 is 5.24. The van der Waals surface area contributed by atoms with Crippen LogP contribution in [-0.4, -0.2) is 16.5 Å². The Bertz CT molecular complexity index is 582. The summed E-state index contributed by atoms with van der Waals surface area (Å²) in [7, 11) is 0. The highest BCUT2D eigenvalue weighted by atomic mass is 16.6. The Morgan fingerprint density at radius 2 is 2.44 bits per heavy atom. The number of anilines is 1. The van der Waals surface area contributed by atoms with Gasteiger partial charge in [-0.25, -0.2) is 0 Å². The number of nitrogens with zero attached hydrogens (tertiary/aromatic N) is 2. The van der Waals surface area contributed by atoms with E-state index >= 15 is 0 Å². The molecule has 1 heterocycles. The van der Waals surface area contributed by atoms with E-state index in [9.17, 15) is 10.1 Å². The van der Waals surface area contributed by atoms with Gasteiger partial charge in [0.1, 0.15) is 0 Å². The highest BCUT2D eigenvalue weighted by Crippen LogP contribution is 2.26. The molecule has 0 fully saturated rings. The van der Waals surface area contributed by atoms with Crippen molar-refractivity contribution in [1.82, 2.24) is 4.98 Å². The lowest BCUT2D eigenvalue weighted by atomic mass is 10.3. The van der Waals surface area contributed by atoms with Crippen molar-refractivity contribution in [2.75, 3.05) is 11.9 Å². The number of oxazole rings is 1. The highest BCUT2D eigenvalue weighted by molar-refractivity contribution is 5.83. The Labute approximate surface area is 90.4 Å². The normalized spacial score (nSPS) is 9.94. The molecule has 6 nitrogen and oxygen atoms in total. The van der Waals surface area contributed by atoms with Crippen LogP contribution in [-0.2, 0) is 0 Å². The number of non-ortho nitro benzene ring substituents is 1. The molecule has 0 unspecified atom stereocenters. The number of benzene rings is 1. The van der Waals surface area contributed by atoms with Crippen LogP contribution in [0.15, 0.2) is 22.6 Å². The van der Waals surface area contributed by atoms with Gasteiger partial charge in [-0.2, -0.15) is 4.98 Å². The predicted octanol–water partition coefficient (Wildman–Crippen LogP) is 1.78. The smallest absolute Gasteiger partial charge is 0.298 e. The van der Waals surface area contributed by atoms with Crippen molar-refractivity contribution in [1.29, 1.82) is 0 Å². The molecule has 2 rings (SSSR count). The lowest BCUT2D eigenvalue weighted by molar-refractivity contribution is -0.383. The van der Waals surface area contributed by atoms with Crippen molar-refractivity contribution in [2.24, 2.45) is 0 Å². The maximum Gasteiger partial charge on any atom is 0.298 e. The first-order valence-corrected chi connectivity index (χ1v) is 4.43. The first kappa shape index (κ1) is 9.98. The number of hydrogen-bond donors (Lipinski definition) is 1. The summed E-state index contributed by atoms with van der Waals surface area (Å²) in [5.41, 5.74) is 0.482. The zero-order chi connectivity index (χ0) is 11.5. The number of nitrogens with one attached hydrogen (secondary N) is 1. The van der Waals surface area contributed by atoms with E-state index in [1.807, 2.05) is 0 Å². The lowest BCUT2D eigenvalue weighted by Gasteiger charge is -1.90. The maximum absolute atomic E-state index is 10.7. The molecule has 0 atom stereocenters. The Kier molecular flexibility index (Phi) is 2.44. The van der Waals surface area contributed by atoms with Gasteiger partial charge in [0.2, 0.25) is 0 Å². The molecular weight excluding hydrogens is 210 g/mol. The molecule has 0 aliphatic carbocycles. The molecule has 0 bridgehead atoms. The maximum atomic E-state index is 10.7. The monoisotopic (exact) mass is 217 g/mol. The van der Waals surface area contributed by atoms with E-state index in [2.05, 4.69) is 16.2 Å². The number of aromatic nitrogens is 1. The molecule has 6 heteroatoms. The average Bonchev–Trinajstić information content (AvgIpc) is 2.68. The molecule has 0 amide bonds. The van der Waals surface area contributed by atoms with E-state index in [1.54, 1.807) is 6.07 Å². The van der Waals surface area contributed by atoms with E-state index in [1.165, 1.54) is 12.1 Å². The number of nitro benzene ring substituents is 1. The Morgan fingerprint density at radius 1 is 1.62 bits per heavy atom. The second-order valence-corrected chi connectivity index (χ2v) is 2.96. The highest BCUT2D eigenvalue weighted by Gasteiger charge is 2.16. The van der Waals surface area contributed by atoms with E-state index in [4.69, 9.17) is 10.8 Å². The summed E-state index contributed by atoms with van der Waals surface area (Å²) in [5.74, 6) is 2.35. The fourth-order valence-corrected chi connectivity index (χ4v) is 1.28. The van der Waals surface area contributed by atoms with Gasteiger partial charge in [0.25, 0.3) is 11.7 Å². The molecule has 1 N–H and O–H groups in total. The molecule has 0 radical (unpaired) electrons. The molecule has 0 saturated heterocycles. The van der Waals surface area contributed by atoms with Gasteiger partial charge >= 0.3 is 0 Å².